The molecule has 0 saturated carbocycles. The van der Waals surface area contributed by atoms with Crippen molar-refractivity contribution in [2.75, 3.05) is 35.3 Å². The van der Waals surface area contributed by atoms with Crippen LogP contribution < -0.4 is 19.9 Å². The van der Waals surface area contributed by atoms with Gasteiger partial charge in [-0.25, -0.2) is 0 Å². The topological polar surface area (TPSA) is 61.9 Å². The number of benzene rings is 2. The number of carbonyl (C=O) groups is 2. The van der Waals surface area contributed by atoms with E-state index in [4.69, 9.17) is 4.74 Å². The molecule has 6 heteroatoms. The average Bonchev–Trinajstić information content (AvgIpc) is 3.07. The number of nitrogens with zero attached hydrogens (tertiary/aromatic N) is 2. The molecule has 1 N–H and O–H groups in total. The Kier molecular flexibility index (Phi) is 4.48. The summed E-state index contributed by atoms with van der Waals surface area (Å²) in [6.45, 7) is 3.20. The van der Waals surface area contributed by atoms with Gasteiger partial charge in [0, 0.05) is 31.4 Å². The molecule has 2 amide bonds. The van der Waals surface area contributed by atoms with Crippen LogP contribution in [0.3, 0.4) is 0 Å². The van der Waals surface area contributed by atoms with Crippen molar-refractivity contribution in [2.24, 2.45) is 0 Å². The van der Waals surface area contributed by atoms with Crippen molar-refractivity contribution in [1.29, 1.82) is 0 Å². The summed E-state index contributed by atoms with van der Waals surface area (Å²) in [6.07, 6.45) is 0.918. The number of anilines is 3. The van der Waals surface area contributed by atoms with Crippen LogP contribution in [0.15, 0.2) is 42.5 Å². The molecule has 0 unspecified atom stereocenters. The third-order valence-corrected chi connectivity index (χ3v) is 5.11. The van der Waals surface area contributed by atoms with E-state index < -0.39 is 6.10 Å². The van der Waals surface area contributed by atoms with Gasteiger partial charge in [-0.2, -0.15) is 0 Å². The number of hydrogen-bond donors (Lipinski definition) is 1. The molecule has 27 heavy (non-hydrogen) atoms. The Bertz CT molecular complexity index is 896. The summed E-state index contributed by atoms with van der Waals surface area (Å²) in [6, 6.07) is 13.3. The van der Waals surface area contributed by atoms with Crippen LogP contribution >= 0.6 is 0 Å². The first-order valence-electron chi connectivity index (χ1n) is 9.21. The zero-order valence-corrected chi connectivity index (χ0v) is 15.6. The molecule has 140 valence electrons. The number of para-hydroxylation sites is 2. The molecule has 0 bridgehead atoms. The van der Waals surface area contributed by atoms with Gasteiger partial charge in [0.1, 0.15) is 5.75 Å². The van der Waals surface area contributed by atoms with Crippen LogP contribution in [-0.2, 0) is 9.59 Å². The maximum Gasteiger partial charge on any atom is 0.267 e. The molecule has 0 radical (unpaired) electrons. The van der Waals surface area contributed by atoms with Gasteiger partial charge in [0.25, 0.3) is 5.91 Å². The summed E-state index contributed by atoms with van der Waals surface area (Å²) in [5.74, 6) is 0.693. The van der Waals surface area contributed by atoms with Crippen LogP contribution in [0.5, 0.6) is 5.75 Å². The maximum atomic E-state index is 12.7. The number of fused-ring (bicyclic) bond motifs is 1. The lowest BCUT2D eigenvalue weighted by Gasteiger charge is -2.33. The van der Waals surface area contributed by atoms with E-state index in [1.807, 2.05) is 66.2 Å². The molecule has 4 rings (SSSR count). The molecule has 2 heterocycles. The molecule has 2 aromatic rings. The van der Waals surface area contributed by atoms with Crippen molar-refractivity contribution in [3.05, 3.63) is 48.0 Å². The van der Waals surface area contributed by atoms with Crippen molar-refractivity contribution in [3.63, 3.8) is 0 Å². The minimum atomic E-state index is -0.579. The maximum absolute atomic E-state index is 12.7. The van der Waals surface area contributed by atoms with E-state index in [-0.39, 0.29) is 11.8 Å². The Morgan fingerprint density at radius 1 is 1.19 bits per heavy atom. The minimum Gasteiger partial charge on any atom is -0.477 e. The summed E-state index contributed by atoms with van der Waals surface area (Å²) in [5, 5.41) is 2.94. The normalized spacial score (nSPS) is 18.9. The van der Waals surface area contributed by atoms with Crippen LogP contribution in [0.25, 0.3) is 0 Å². The molecule has 0 spiro atoms. The molecule has 1 saturated heterocycles. The lowest BCUT2D eigenvalue weighted by molar-refractivity contribution is -0.122. The third kappa shape index (κ3) is 3.35. The fraction of sp³-hybridized carbons (Fsp3) is 0.333. The van der Waals surface area contributed by atoms with Gasteiger partial charge in [-0.05, 0) is 49.2 Å². The van der Waals surface area contributed by atoms with Gasteiger partial charge < -0.3 is 19.9 Å². The number of amides is 2. The minimum absolute atomic E-state index is 0.159. The number of hydrogen-bond acceptors (Lipinski definition) is 4. The van der Waals surface area contributed by atoms with E-state index in [2.05, 4.69) is 5.32 Å². The number of likely N-dealkylation sites (N-methyl/N-ethyl adjacent to an activating group) is 1. The summed E-state index contributed by atoms with van der Waals surface area (Å²) >= 11 is 0. The summed E-state index contributed by atoms with van der Waals surface area (Å²) in [5.41, 5.74) is 3.57. The number of nitrogens with one attached hydrogen (secondary N) is 1. The predicted molar refractivity (Wildman–Crippen MR) is 106 cm³/mol. The quantitative estimate of drug-likeness (QED) is 0.908. The molecule has 2 aliphatic rings. The Balaban J connectivity index is 1.47. The van der Waals surface area contributed by atoms with E-state index in [1.54, 1.807) is 0 Å². The highest BCUT2D eigenvalue weighted by Gasteiger charge is 2.29. The molecule has 2 aromatic carbocycles. The molecule has 1 atom stereocenters. The number of rotatable bonds is 3. The van der Waals surface area contributed by atoms with Crippen LogP contribution in [0.2, 0.25) is 0 Å². The summed E-state index contributed by atoms with van der Waals surface area (Å²) in [4.78, 5) is 28.5. The second-order valence-corrected chi connectivity index (χ2v) is 7.09. The highest BCUT2D eigenvalue weighted by atomic mass is 16.5. The van der Waals surface area contributed by atoms with Gasteiger partial charge in [0.05, 0.1) is 12.2 Å². The Morgan fingerprint density at radius 3 is 2.74 bits per heavy atom. The molecule has 0 aliphatic carbocycles. The average molecular weight is 365 g/mol. The third-order valence-electron chi connectivity index (χ3n) is 5.11. The van der Waals surface area contributed by atoms with Gasteiger partial charge in [-0.1, -0.05) is 12.1 Å². The fourth-order valence-corrected chi connectivity index (χ4v) is 3.71. The van der Waals surface area contributed by atoms with Crippen LogP contribution in [0, 0.1) is 6.92 Å². The zero-order chi connectivity index (χ0) is 19.0. The van der Waals surface area contributed by atoms with Crippen molar-refractivity contribution in [3.8, 4) is 5.75 Å². The van der Waals surface area contributed by atoms with E-state index in [9.17, 15) is 9.59 Å². The number of ether oxygens (including phenoxy) is 1. The van der Waals surface area contributed by atoms with Crippen molar-refractivity contribution < 1.29 is 14.3 Å². The monoisotopic (exact) mass is 365 g/mol. The molecule has 0 aromatic heterocycles. The highest BCUT2D eigenvalue weighted by Crippen LogP contribution is 2.32. The first-order chi connectivity index (χ1) is 13.0. The molecular weight excluding hydrogens is 342 g/mol. The van der Waals surface area contributed by atoms with Crippen LogP contribution in [0.4, 0.5) is 17.1 Å². The van der Waals surface area contributed by atoms with Gasteiger partial charge in [0.15, 0.2) is 6.10 Å². The summed E-state index contributed by atoms with van der Waals surface area (Å²) in [7, 11) is 1.95. The smallest absolute Gasteiger partial charge is 0.267 e. The van der Waals surface area contributed by atoms with Gasteiger partial charge >= 0.3 is 0 Å². The standard InChI is InChI=1S/C21H23N3O3/c1-14-12-15(9-10-16(14)24-11-5-8-20(24)25)22-21(26)19-13-23(2)17-6-3-4-7-18(17)27-19/h3-4,6-7,9-10,12,19H,5,8,11,13H2,1-2H3,(H,22,26)/t19-/m0/s1. The first kappa shape index (κ1) is 17.4. The largest absolute Gasteiger partial charge is 0.477 e. The Hall–Kier alpha value is -3.02. The highest BCUT2D eigenvalue weighted by molar-refractivity contribution is 5.98. The lowest BCUT2D eigenvalue weighted by Crippen LogP contribution is -2.45. The zero-order valence-electron chi connectivity index (χ0n) is 15.6. The van der Waals surface area contributed by atoms with Gasteiger partial charge in [0.2, 0.25) is 5.91 Å². The summed E-state index contributed by atoms with van der Waals surface area (Å²) < 4.78 is 5.88. The van der Waals surface area contributed by atoms with Crippen molar-refractivity contribution >= 4 is 28.9 Å². The Labute approximate surface area is 158 Å². The van der Waals surface area contributed by atoms with Crippen molar-refractivity contribution in [2.45, 2.75) is 25.9 Å². The molecule has 1 fully saturated rings. The molecule has 2 aliphatic heterocycles. The molecular formula is C21H23N3O3. The van der Waals surface area contributed by atoms with E-state index in [1.165, 1.54) is 0 Å². The second kappa shape index (κ2) is 6.95. The van der Waals surface area contributed by atoms with Gasteiger partial charge in [-0.15, -0.1) is 0 Å². The SMILES string of the molecule is Cc1cc(NC(=O)[C@@H]2CN(C)c3ccccc3O2)ccc1N1CCCC1=O. The van der Waals surface area contributed by atoms with E-state index in [0.717, 1.165) is 29.9 Å². The van der Waals surface area contributed by atoms with Crippen molar-refractivity contribution in [1.82, 2.24) is 0 Å². The first-order valence-corrected chi connectivity index (χ1v) is 9.21. The van der Waals surface area contributed by atoms with E-state index in [0.29, 0.717) is 24.4 Å². The fourth-order valence-electron chi connectivity index (χ4n) is 3.71. The van der Waals surface area contributed by atoms with Crippen LogP contribution in [-0.4, -0.2) is 38.1 Å². The molecule has 6 nitrogen and oxygen atoms in total. The number of aryl methyl sites for hydroxylation is 1. The lowest BCUT2D eigenvalue weighted by atomic mass is 10.1. The van der Waals surface area contributed by atoms with Gasteiger partial charge in [-0.3, -0.25) is 9.59 Å². The Morgan fingerprint density at radius 2 is 2.00 bits per heavy atom. The van der Waals surface area contributed by atoms with E-state index >= 15 is 0 Å². The second-order valence-electron chi connectivity index (χ2n) is 7.09. The predicted octanol–water partition coefficient (Wildman–Crippen LogP) is 2.96. The number of carbonyl (C=O) groups excluding carboxylic acids is 2. The van der Waals surface area contributed by atoms with Crippen LogP contribution in [0.1, 0.15) is 18.4 Å².